The maximum Gasteiger partial charge on any atom is 0.245 e. The third-order valence-corrected chi connectivity index (χ3v) is 3.38. The Hall–Kier alpha value is -1.02. The van der Waals surface area contributed by atoms with Crippen molar-refractivity contribution in [2.24, 2.45) is 0 Å². The molecule has 19 heavy (non-hydrogen) atoms. The van der Waals surface area contributed by atoms with Crippen LogP contribution in [-0.4, -0.2) is 33.1 Å². The van der Waals surface area contributed by atoms with Crippen molar-refractivity contribution in [3.8, 4) is 5.88 Å². The van der Waals surface area contributed by atoms with Crippen LogP contribution in [-0.2, 0) is 6.54 Å². The van der Waals surface area contributed by atoms with E-state index in [0.717, 1.165) is 16.2 Å². The van der Waals surface area contributed by atoms with E-state index in [4.69, 9.17) is 4.74 Å². The molecule has 0 aliphatic heterocycles. The molecule has 1 unspecified atom stereocenters. The van der Waals surface area contributed by atoms with E-state index in [2.05, 4.69) is 30.0 Å². The standard InChI is InChI=1S/C12H14BrN3O2S/c13-10-3-1-9(2-4-10)5-14-6-11(17)8-18-12-7-15-19-16-12/h1-4,7,11,14,17H,5-6,8H2. The summed E-state index contributed by atoms with van der Waals surface area (Å²) in [6.45, 7) is 1.38. The maximum atomic E-state index is 9.73. The van der Waals surface area contributed by atoms with E-state index in [0.29, 0.717) is 19.0 Å². The highest BCUT2D eigenvalue weighted by molar-refractivity contribution is 9.10. The van der Waals surface area contributed by atoms with E-state index in [1.165, 1.54) is 11.8 Å². The summed E-state index contributed by atoms with van der Waals surface area (Å²) in [5.74, 6) is 0.456. The lowest BCUT2D eigenvalue weighted by Crippen LogP contribution is -2.31. The fourth-order valence-electron chi connectivity index (χ4n) is 1.45. The molecule has 1 aromatic heterocycles. The second-order valence-electron chi connectivity index (χ2n) is 3.97. The number of halogens is 1. The second kappa shape index (κ2) is 7.54. The molecule has 0 fully saturated rings. The molecule has 0 amide bonds. The van der Waals surface area contributed by atoms with Gasteiger partial charge in [-0.3, -0.25) is 0 Å². The Morgan fingerprint density at radius 3 is 2.84 bits per heavy atom. The van der Waals surface area contributed by atoms with Crippen LogP contribution in [0.4, 0.5) is 0 Å². The number of nitrogens with zero attached hydrogens (tertiary/aromatic N) is 2. The Morgan fingerprint density at radius 1 is 1.37 bits per heavy atom. The third-order valence-electron chi connectivity index (χ3n) is 2.39. The van der Waals surface area contributed by atoms with Crippen LogP contribution in [0.5, 0.6) is 5.88 Å². The number of hydrogen-bond donors (Lipinski definition) is 2. The van der Waals surface area contributed by atoms with Gasteiger partial charge in [0, 0.05) is 17.6 Å². The quantitative estimate of drug-likeness (QED) is 0.802. The molecule has 1 aromatic carbocycles. The Balaban J connectivity index is 1.63. The van der Waals surface area contributed by atoms with Gasteiger partial charge in [0.05, 0.1) is 11.7 Å². The summed E-state index contributed by atoms with van der Waals surface area (Å²) in [7, 11) is 0. The Bertz CT molecular complexity index is 478. The minimum atomic E-state index is -0.572. The minimum absolute atomic E-state index is 0.207. The van der Waals surface area contributed by atoms with Crippen molar-refractivity contribution in [2.75, 3.05) is 13.2 Å². The zero-order valence-electron chi connectivity index (χ0n) is 10.1. The van der Waals surface area contributed by atoms with Crippen LogP contribution in [0.2, 0.25) is 0 Å². The van der Waals surface area contributed by atoms with Crippen molar-refractivity contribution in [2.45, 2.75) is 12.6 Å². The van der Waals surface area contributed by atoms with Gasteiger partial charge in [-0.05, 0) is 17.7 Å². The number of aromatic nitrogens is 2. The van der Waals surface area contributed by atoms with Crippen LogP contribution in [0.15, 0.2) is 34.9 Å². The van der Waals surface area contributed by atoms with Crippen LogP contribution in [0.3, 0.4) is 0 Å². The van der Waals surface area contributed by atoms with Gasteiger partial charge in [0.15, 0.2) is 0 Å². The summed E-state index contributed by atoms with van der Waals surface area (Å²) >= 11 is 4.47. The Kier molecular flexibility index (Phi) is 5.71. The van der Waals surface area contributed by atoms with E-state index in [1.807, 2.05) is 24.3 Å². The second-order valence-corrected chi connectivity index (χ2v) is 5.44. The van der Waals surface area contributed by atoms with Crippen molar-refractivity contribution in [3.05, 3.63) is 40.5 Å². The predicted octanol–water partition coefficient (Wildman–Crippen LogP) is 1.83. The average molecular weight is 344 g/mol. The van der Waals surface area contributed by atoms with Crippen LogP contribution in [0.1, 0.15) is 5.56 Å². The van der Waals surface area contributed by atoms with Crippen molar-refractivity contribution in [1.82, 2.24) is 14.1 Å². The smallest absolute Gasteiger partial charge is 0.245 e. The molecule has 1 heterocycles. The SMILES string of the molecule is OC(CNCc1ccc(Br)cc1)COc1cnsn1. The van der Waals surface area contributed by atoms with Gasteiger partial charge in [0.25, 0.3) is 0 Å². The molecule has 2 rings (SSSR count). The highest BCUT2D eigenvalue weighted by atomic mass is 79.9. The molecule has 102 valence electrons. The van der Waals surface area contributed by atoms with Crippen LogP contribution >= 0.6 is 27.7 Å². The van der Waals surface area contributed by atoms with E-state index in [-0.39, 0.29) is 6.61 Å². The summed E-state index contributed by atoms with van der Waals surface area (Å²) in [6.07, 6.45) is 0.962. The number of nitrogens with one attached hydrogen (secondary N) is 1. The molecule has 5 nitrogen and oxygen atoms in total. The number of ether oxygens (including phenoxy) is 1. The van der Waals surface area contributed by atoms with E-state index in [9.17, 15) is 5.11 Å². The molecule has 0 saturated carbocycles. The van der Waals surface area contributed by atoms with Crippen molar-refractivity contribution in [1.29, 1.82) is 0 Å². The molecule has 7 heteroatoms. The van der Waals surface area contributed by atoms with Gasteiger partial charge in [0.1, 0.15) is 18.9 Å². The Morgan fingerprint density at radius 2 is 2.16 bits per heavy atom. The zero-order chi connectivity index (χ0) is 13.5. The topological polar surface area (TPSA) is 67.3 Å². The van der Waals surface area contributed by atoms with Gasteiger partial charge >= 0.3 is 0 Å². The molecule has 0 saturated heterocycles. The molecule has 0 spiro atoms. The highest BCUT2D eigenvalue weighted by Gasteiger charge is 2.06. The summed E-state index contributed by atoms with van der Waals surface area (Å²) in [5.41, 5.74) is 1.17. The number of rotatable bonds is 7. The molecular weight excluding hydrogens is 330 g/mol. The number of aliphatic hydroxyl groups excluding tert-OH is 1. The highest BCUT2D eigenvalue weighted by Crippen LogP contribution is 2.10. The molecular formula is C12H14BrN3O2S. The van der Waals surface area contributed by atoms with Crippen LogP contribution in [0.25, 0.3) is 0 Å². The first kappa shape index (κ1) is 14.4. The lowest BCUT2D eigenvalue weighted by Gasteiger charge is -2.11. The van der Waals surface area contributed by atoms with Gasteiger partial charge in [-0.15, -0.1) is 4.37 Å². The fourth-order valence-corrected chi connectivity index (χ4v) is 2.07. The lowest BCUT2D eigenvalue weighted by molar-refractivity contribution is 0.104. The monoisotopic (exact) mass is 343 g/mol. The van der Waals surface area contributed by atoms with Crippen molar-refractivity contribution < 1.29 is 9.84 Å². The fraction of sp³-hybridized carbons (Fsp3) is 0.333. The van der Waals surface area contributed by atoms with Crippen molar-refractivity contribution >= 4 is 27.7 Å². The first-order valence-electron chi connectivity index (χ1n) is 5.77. The molecule has 1 atom stereocenters. The summed E-state index contributed by atoms with van der Waals surface area (Å²) < 4.78 is 14.0. The summed E-state index contributed by atoms with van der Waals surface area (Å²) in [5, 5.41) is 12.9. The number of aliphatic hydroxyl groups is 1. The molecule has 0 aliphatic rings. The summed E-state index contributed by atoms with van der Waals surface area (Å²) in [6, 6.07) is 8.04. The van der Waals surface area contributed by atoms with Gasteiger partial charge in [-0.2, -0.15) is 4.37 Å². The largest absolute Gasteiger partial charge is 0.473 e. The van der Waals surface area contributed by atoms with Crippen LogP contribution < -0.4 is 10.1 Å². The molecule has 0 aliphatic carbocycles. The Labute approximate surface area is 124 Å². The molecule has 0 radical (unpaired) electrons. The van der Waals surface area contributed by atoms with E-state index < -0.39 is 6.10 Å². The van der Waals surface area contributed by atoms with Gasteiger partial charge < -0.3 is 15.2 Å². The minimum Gasteiger partial charge on any atom is -0.473 e. The lowest BCUT2D eigenvalue weighted by atomic mass is 10.2. The average Bonchev–Trinajstić information content (AvgIpc) is 2.92. The van der Waals surface area contributed by atoms with Crippen LogP contribution in [0, 0.1) is 0 Å². The first-order valence-corrected chi connectivity index (χ1v) is 7.30. The zero-order valence-corrected chi connectivity index (χ0v) is 12.5. The van der Waals surface area contributed by atoms with Gasteiger partial charge in [-0.1, -0.05) is 28.1 Å². The number of benzene rings is 1. The van der Waals surface area contributed by atoms with E-state index >= 15 is 0 Å². The predicted molar refractivity (Wildman–Crippen MR) is 77.3 cm³/mol. The van der Waals surface area contributed by atoms with Gasteiger partial charge in [-0.25, -0.2) is 0 Å². The third kappa shape index (κ3) is 5.23. The van der Waals surface area contributed by atoms with E-state index in [1.54, 1.807) is 0 Å². The maximum absolute atomic E-state index is 9.73. The van der Waals surface area contributed by atoms with Gasteiger partial charge in [0.2, 0.25) is 5.88 Å². The molecule has 2 aromatic rings. The normalized spacial score (nSPS) is 12.3. The molecule has 0 bridgehead atoms. The molecule has 2 N–H and O–H groups in total. The first-order chi connectivity index (χ1) is 9.24. The summed E-state index contributed by atoms with van der Waals surface area (Å²) in [4.78, 5) is 0. The number of hydrogen-bond acceptors (Lipinski definition) is 6. The van der Waals surface area contributed by atoms with Crippen molar-refractivity contribution in [3.63, 3.8) is 0 Å².